The summed E-state index contributed by atoms with van der Waals surface area (Å²) in [4.78, 5) is 1.24. The summed E-state index contributed by atoms with van der Waals surface area (Å²) in [5.74, 6) is 0.894. The van der Waals surface area contributed by atoms with Crippen LogP contribution in [-0.4, -0.2) is 13.7 Å². The Bertz CT molecular complexity index is 571. The van der Waals surface area contributed by atoms with Gasteiger partial charge < -0.3 is 10.1 Å². The minimum atomic E-state index is 0.213. The summed E-state index contributed by atoms with van der Waals surface area (Å²) in [5.41, 5.74) is 1.05. The molecule has 0 radical (unpaired) electrons. The van der Waals surface area contributed by atoms with Crippen LogP contribution < -0.4 is 10.1 Å². The van der Waals surface area contributed by atoms with Crippen LogP contribution in [0.15, 0.2) is 29.6 Å². The van der Waals surface area contributed by atoms with Crippen molar-refractivity contribution in [1.82, 2.24) is 5.32 Å². The van der Waals surface area contributed by atoms with E-state index >= 15 is 0 Å². The van der Waals surface area contributed by atoms with E-state index in [0.717, 1.165) is 29.3 Å². The van der Waals surface area contributed by atoms with Crippen LogP contribution in [0.4, 0.5) is 0 Å². The van der Waals surface area contributed by atoms with E-state index in [4.69, 9.17) is 27.9 Å². The number of benzene rings is 1. The molecule has 0 saturated heterocycles. The first kappa shape index (κ1) is 15.6. The molecule has 2 nitrogen and oxygen atoms in total. The van der Waals surface area contributed by atoms with E-state index in [1.165, 1.54) is 4.88 Å². The second-order valence-corrected chi connectivity index (χ2v) is 6.23. The fourth-order valence-electron chi connectivity index (χ4n) is 2.06. The van der Waals surface area contributed by atoms with Crippen LogP contribution in [0, 0.1) is 0 Å². The highest BCUT2D eigenvalue weighted by molar-refractivity contribution is 7.10. The molecule has 0 fully saturated rings. The first-order valence-corrected chi connectivity index (χ1v) is 8.07. The molecule has 1 atom stereocenters. The van der Waals surface area contributed by atoms with Gasteiger partial charge in [0, 0.05) is 26.3 Å². The Labute approximate surface area is 133 Å². The maximum atomic E-state index is 6.25. The quantitative estimate of drug-likeness (QED) is 0.808. The molecule has 0 amide bonds. The van der Waals surface area contributed by atoms with E-state index in [9.17, 15) is 0 Å². The lowest BCUT2D eigenvalue weighted by Crippen LogP contribution is -2.22. The molecule has 0 bridgehead atoms. The molecule has 0 spiro atoms. The number of thiophene rings is 1. The van der Waals surface area contributed by atoms with Gasteiger partial charge in [-0.1, -0.05) is 30.1 Å². The van der Waals surface area contributed by atoms with E-state index in [1.54, 1.807) is 18.4 Å². The van der Waals surface area contributed by atoms with Gasteiger partial charge in [0.2, 0.25) is 0 Å². The average molecular weight is 330 g/mol. The number of halogens is 2. The number of methoxy groups -OCH3 is 1. The number of hydrogen-bond donors (Lipinski definition) is 1. The summed E-state index contributed by atoms with van der Waals surface area (Å²) in [6, 6.07) is 7.86. The largest absolute Gasteiger partial charge is 0.496 e. The Hall–Kier alpha value is -0.740. The van der Waals surface area contributed by atoms with E-state index in [1.807, 2.05) is 23.6 Å². The summed E-state index contributed by atoms with van der Waals surface area (Å²) in [6.07, 6.45) is 0.802. The summed E-state index contributed by atoms with van der Waals surface area (Å²) in [6.45, 7) is 2.99. The van der Waals surface area contributed by atoms with Crippen LogP contribution in [0.1, 0.15) is 23.4 Å². The third-order valence-corrected chi connectivity index (χ3v) is 4.69. The summed E-state index contributed by atoms with van der Waals surface area (Å²) >= 11 is 14.0. The predicted molar refractivity (Wildman–Crippen MR) is 87.5 cm³/mol. The van der Waals surface area contributed by atoms with E-state index in [2.05, 4.69) is 18.3 Å². The van der Waals surface area contributed by atoms with E-state index in [-0.39, 0.29) is 6.04 Å². The Morgan fingerprint density at radius 2 is 2.10 bits per heavy atom. The molecular weight excluding hydrogens is 313 g/mol. The monoisotopic (exact) mass is 329 g/mol. The van der Waals surface area contributed by atoms with Crippen molar-refractivity contribution >= 4 is 34.5 Å². The number of ether oxygens (including phenoxy) is 1. The molecule has 1 N–H and O–H groups in total. The zero-order valence-corrected chi connectivity index (χ0v) is 13.8. The van der Waals surface area contributed by atoms with Gasteiger partial charge in [-0.2, -0.15) is 0 Å². The maximum Gasteiger partial charge on any atom is 0.129 e. The number of likely N-dealkylation sites (N-methyl/N-ethyl adjacent to an activating group) is 1. The summed E-state index contributed by atoms with van der Waals surface area (Å²) in [5, 5.41) is 6.96. The SMILES string of the molecule is CCNC(Cc1cc(Cl)ccc1Cl)c1cc(OC)cs1. The van der Waals surface area contributed by atoms with Crippen molar-refractivity contribution in [2.24, 2.45) is 0 Å². The normalized spacial score (nSPS) is 12.4. The predicted octanol–water partition coefficient (Wildman–Crippen LogP) is 4.96. The Morgan fingerprint density at radius 1 is 1.30 bits per heavy atom. The lowest BCUT2D eigenvalue weighted by Gasteiger charge is -2.17. The smallest absolute Gasteiger partial charge is 0.129 e. The van der Waals surface area contributed by atoms with Gasteiger partial charge in [0.1, 0.15) is 5.75 Å². The van der Waals surface area contributed by atoms with E-state index in [0.29, 0.717) is 5.02 Å². The molecular formula is C15H17Cl2NOS. The summed E-state index contributed by atoms with van der Waals surface area (Å²) < 4.78 is 5.25. The van der Waals surface area contributed by atoms with Crippen molar-refractivity contribution in [3.8, 4) is 5.75 Å². The second kappa shape index (κ2) is 7.32. The fraction of sp³-hybridized carbons (Fsp3) is 0.333. The van der Waals surface area contributed by atoms with Crippen molar-refractivity contribution in [3.63, 3.8) is 0 Å². The maximum absolute atomic E-state index is 6.25. The van der Waals surface area contributed by atoms with Crippen molar-refractivity contribution in [2.45, 2.75) is 19.4 Å². The van der Waals surface area contributed by atoms with Gasteiger partial charge in [-0.05, 0) is 42.8 Å². The Morgan fingerprint density at radius 3 is 2.75 bits per heavy atom. The van der Waals surface area contributed by atoms with Gasteiger partial charge in [0.15, 0.2) is 0 Å². The van der Waals surface area contributed by atoms with Crippen LogP contribution in [0.5, 0.6) is 5.75 Å². The van der Waals surface area contributed by atoms with Gasteiger partial charge in [-0.15, -0.1) is 11.3 Å². The highest BCUT2D eigenvalue weighted by atomic mass is 35.5. The Kier molecular flexibility index (Phi) is 5.73. The highest BCUT2D eigenvalue weighted by Gasteiger charge is 2.16. The number of rotatable bonds is 6. The first-order valence-electron chi connectivity index (χ1n) is 6.43. The molecule has 0 aliphatic carbocycles. The van der Waals surface area contributed by atoms with Gasteiger partial charge in [0.25, 0.3) is 0 Å². The molecule has 0 aliphatic heterocycles. The molecule has 5 heteroatoms. The molecule has 0 aliphatic rings. The van der Waals surface area contributed by atoms with Crippen LogP contribution in [0.3, 0.4) is 0 Å². The van der Waals surface area contributed by atoms with Gasteiger partial charge in [-0.25, -0.2) is 0 Å². The third-order valence-electron chi connectivity index (χ3n) is 3.06. The van der Waals surface area contributed by atoms with Crippen molar-refractivity contribution in [3.05, 3.63) is 50.1 Å². The molecule has 108 valence electrons. The second-order valence-electron chi connectivity index (χ2n) is 4.44. The molecule has 2 rings (SSSR count). The van der Waals surface area contributed by atoms with Crippen molar-refractivity contribution in [1.29, 1.82) is 0 Å². The third kappa shape index (κ3) is 3.89. The molecule has 1 aromatic carbocycles. The van der Waals surface area contributed by atoms with Crippen LogP contribution in [0.2, 0.25) is 10.0 Å². The van der Waals surface area contributed by atoms with Crippen LogP contribution in [-0.2, 0) is 6.42 Å². The lowest BCUT2D eigenvalue weighted by atomic mass is 10.0. The van der Waals surface area contributed by atoms with Crippen molar-refractivity contribution in [2.75, 3.05) is 13.7 Å². The number of hydrogen-bond acceptors (Lipinski definition) is 3. The fourth-order valence-corrected chi connectivity index (χ4v) is 3.38. The van der Waals surface area contributed by atoms with Crippen LogP contribution >= 0.6 is 34.5 Å². The van der Waals surface area contributed by atoms with E-state index < -0.39 is 0 Å². The molecule has 1 heterocycles. The van der Waals surface area contributed by atoms with Crippen molar-refractivity contribution < 1.29 is 4.74 Å². The highest BCUT2D eigenvalue weighted by Crippen LogP contribution is 2.31. The molecule has 2 aromatic rings. The molecule has 0 saturated carbocycles. The molecule has 20 heavy (non-hydrogen) atoms. The minimum absolute atomic E-state index is 0.213. The lowest BCUT2D eigenvalue weighted by molar-refractivity contribution is 0.415. The van der Waals surface area contributed by atoms with Gasteiger partial charge in [-0.3, -0.25) is 0 Å². The first-order chi connectivity index (χ1) is 9.63. The van der Waals surface area contributed by atoms with Gasteiger partial charge >= 0.3 is 0 Å². The van der Waals surface area contributed by atoms with Gasteiger partial charge in [0.05, 0.1) is 7.11 Å². The summed E-state index contributed by atoms with van der Waals surface area (Å²) in [7, 11) is 1.68. The molecule has 1 unspecified atom stereocenters. The van der Waals surface area contributed by atoms with Crippen LogP contribution in [0.25, 0.3) is 0 Å². The minimum Gasteiger partial charge on any atom is -0.496 e. The number of nitrogens with one attached hydrogen (secondary N) is 1. The average Bonchev–Trinajstić information content (AvgIpc) is 2.91. The zero-order valence-electron chi connectivity index (χ0n) is 11.5. The molecule has 1 aromatic heterocycles. The topological polar surface area (TPSA) is 21.3 Å². The zero-order chi connectivity index (χ0) is 14.5. The Balaban J connectivity index is 2.22. The standard InChI is InChI=1S/C15H17Cl2NOS/c1-3-18-14(15-8-12(19-2)9-20-15)7-10-6-11(16)4-5-13(10)17/h4-6,8-9,14,18H,3,7H2,1-2H3.